The number of carboxylic acids is 1. The molecule has 0 amide bonds. The third-order valence-corrected chi connectivity index (χ3v) is 4.97. The number of rotatable bonds is 4. The fourth-order valence-electron chi connectivity index (χ4n) is 3.77. The van der Waals surface area contributed by atoms with E-state index in [1.807, 2.05) is 29.7 Å². The molecule has 2 aromatic heterocycles. The summed E-state index contributed by atoms with van der Waals surface area (Å²) in [7, 11) is 0. The minimum absolute atomic E-state index is 0.0680. The van der Waals surface area contributed by atoms with Crippen LogP contribution in [0.4, 0.5) is 0 Å². The summed E-state index contributed by atoms with van der Waals surface area (Å²) in [6.45, 7) is 4.70. The van der Waals surface area contributed by atoms with Crippen LogP contribution in [0.25, 0.3) is 5.65 Å². The van der Waals surface area contributed by atoms with Crippen LogP contribution in [0.2, 0.25) is 0 Å². The molecule has 1 aliphatic rings. The Morgan fingerprint density at radius 3 is 2.73 bits per heavy atom. The van der Waals surface area contributed by atoms with E-state index in [9.17, 15) is 14.7 Å². The first kappa shape index (κ1) is 16.5. The Kier molecular flexibility index (Phi) is 4.08. The third kappa shape index (κ3) is 2.61. The number of hydrogen-bond donors (Lipinski definition) is 1. The predicted octanol–water partition coefficient (Wildman–Crippen LogP) is 1.77. The summed E-state index contributed by atoms with van der Waals surface area (Å²) < 4.78 is 3.16. The molecule has 7 nitrogen and oxygen atoms in total. The number of aromatic nitrogens is 3. The molecule has 0 unspecified atom stereocenters. The summed E-state index contributed by atoms with van der Waals surface area (Å²) >= 11 is 0. The van der Waals surface area contributed by atoms with Gasteiger partial charge in [-0.15, -0.1) is 0 Å². The van der Waals surface area contributed by atoms with Gasteiger partial charge in [0.1, 0.15) is 5.56 Å². The molecule has 3 heterocycles. The largest absolute Gasteiger partial charge is 0.477 e. The molecular weight excluding hydrogens is 332 g/mol. The van der Waals surface area contributed by atoms with E-state index in [1.54, 1.807) is 0 Å². The number of nitrogens with zero attached hydrogens (tertiary/aromatic N) is 4. The average Bonchev–Trinajstić information content (AvgIpc) is 3.09. The molecule has 0 radical (unpaired) electrons. The Morgan fingerprint density at radius 2 is 2.04 bits per heavy atom. The van der Waals surface area contributed by atoms with Gasteiger partial charge >= 0.3 is 5.97 Å². The Labute approximate surface area is 150 Å². The highest BCUT2D eigenvalue weighted by Crippen LogP contribution is 2.21. The average molecular weight is 352 g/mol. The lowest BCUT2D eigenvalue weighted by Crippen LogP contribution is -2.38. The highest BCUT2D eigenvalue weighted by molar-refractivity contribution is 5.94. The number of fused-ring (bicyclic) bond motifs is 2. The molecule has 0 aliphatic carbocycles. The number of carboxylic acid groups (broad SMARTS) is 1. The molecule has 7 heteroatoms. The Bertz CT molecular complexity index is 1040. The minimum atomic E-state index is -1.07. The second-order valence-corrected chi connectivity index (χ2v) is 6.52. The summed E-state index contributed by atoms with van der Waals surface area (Å²) in [6.07, 6.45) is 1.98. The number of aryl methyl sites for hydroxylation is 1. The zero-order valence-electron chi connectivity index (χ0n) is 14.6. The number of aromatic carboxylic acids is 1. The van der Waals surface area contributed by atoms with Gasteiger partial charge in [-0.1, -0.05) is 30.3 Å². The lowest BCUT2D eigenvalue weighted by Gasteiger charge is -2.30. The van der Waals surface area contributed by atoms with E-state index in [1.165, 1.54) is 16.3 Å². The first-order valence-electron chi connectivity index (χ1n) is 8.72. The molecular formula is C19H20N4O3. The molecule has 134 valence electrons. The van der Waals surface area contributed by atoms with Crippen molar-refractivity contribution in [3.8, 4) is 0 Å². The molecule has 26 heavy (non-hydrogen) atoms. The lowest BCUT2D eigenvalue weighted by atomic mass is 10.0. The van der Waals surface area contributed by atoms with Crippen molar-refractivity contribution in [1.82, 2.24) is 19.1 Å². The van der Waals surface area contributed by atoms with E-state index in [-0.39, 0.29) is 11.1 Å². The Balaban J connectivity index is 1.79. The second-order valence-electron chi connectivity index (χ2n) is 6.52. The maximum Gasteiger partial charge on any atom is 0.341 e. The fourth-order valence-corrected chi connectivity index (χ4v) is 3.77. The molecule has 0 bridgehead atoms. The van der Waals surface area contributed by atoms with Gasteiger partial charge in [0.25, 0.3) is 5.56 Å². The van der Waals surface area contributed by atoms with Gasteiger partial charge in [-0.05, 0) is 12.5 Å². The van der Waals surface area contributed by atoms with Gasteiger partial charge in [0, 0.05) is 38.3 Å². The monoisotopic (exact) mass is 352 g/mol. The van der Waals surface area contributed by atoms with E-state index in [0.717, 1.165) is 18.8 Å². The van der Waals surface area contributed by atoms with E-state index < -0.39 is 5.97 Å². The van der Waals surface area contributed by atoms with Crippen molar-refractivity contribution in [3.05, 3.63) is 69.3 Å². The highest BCUT2D eigenvalue weighted by Gasteiger charge is 2.26. The van der Waals surface area contributed by atoms with E-state index in [2.05, 4.69) is 22.1 Å². The van der Waals surface area contributed by atoms with Crippen molar-refractivity contribution in [2.45, 2.75) is 33.0 Å². The van der Waals surface area contributed by atoms with E-state index >= 15 is 0 Å². The fraction of sp³-hybridized carbons (Fsp3) is 0.316. The Morgan fingerprint density at radius 1 is 1.27 bits per heavy atom. The van der Waals surface area contributed by atoms with Crippen LogP contribution >= 0.6 is 0 Å². The molecule has 0 atom stereocenters. The molecule has 0 saturated carbocycles. The van der Waals surface area contributed by atoms with Crippen molar-refractivity contribution in [1.29, 1.82) is 0 Å². The van der Waals surface area contributed by atoms with Crippen LogP contribution in [0.5, 0.6) is 0 Å². The van der Waals surface area contributed by atoms with Gasteiger partial charge in [0.05, 0.1) is 11.8 Å². The highest BCUT2D eigenvalue weighted by atomic mass is 16.4. The van der Waals surface area contributed by atoms with Crippen LogP contribution in [0.3, 0.4) is 0 Å². The second kappa shape index (κ2) is 6.42. The summed E-state index contributed by atoms with van der Waals surface area (Å²) in [5.41, 5.74) is 3.07. The normalized spacial score (nSPS) is 14.5. The van der Waals surface area contributed by atoms with Crippen molar-refractivity contribution >= 4 is 11.6 Å². The third-order valence-electron chi connectivity index (χ3n) is 4.97. The van der Waals surface area contributed by atoms with Crippen molar-refractivity contribution < 1.29 is 9.90 Å². The standard InChI is InChI=1S/C19H20N4O3/c1-2-22-16-8-9-21(11-13-6-4-3-5-7-13)12-15(16)18(24)23-17(22)14(10-20-23)19(25)26/h3-7,10H,2,8-9,11-12H2,1H3,(H,25,26). The maximum atomic E-state index is 12.9. The zero-order chi connectivity index (χ0) is 18.3. The molecule has 1 N–H and O–H groups in total. The molecule has 4 rings (SSSR count). The van der Waals surface area contributed by atoms with Crippen LogP contribution in [-0.2, 0) is 26.1 Å². The number of benzene rings is 1. The van der Waals surface area contributed by atoms with Gasteiger partial charge in [0.2, 0.25) is 0 Å². The zero-order valence-corrected chi connectivity index (χ0v) is 14.6. The van der Waals surface area contributed by atoms with Crippen molar-refractivity contribution in [3.63, 3.8) is 0 Å². The lowest BCUT2D eigenvalue weighted by molar-refractivity contribution is 0.0698. The van der Waals surface area contributed by atoms with Crippen LogP contribution < -0.4 is 5.56 Å². The number of carbonyl (C=O) groups is 1. The van der Waals surface area contributed by atoms with Gasteiger partial charge in [0.15, 0.2) is 5.65 Å². The summed E-state index contributed by atoms with van der Waals surface area (Å²) in [5, 5.41) is 13.5. The molecule has 0 fully saturated rings. The smallest absolute Gasteiger partial charge is 0.341 e. The van der Waals surface area contributed by atoms with E-state index in [0.29, 0.717) is 30.7 Å². The summed E-state index contributed by atoms with van der Waals surface area (Å²) in [6, 6.07) is 10.2. The molecule has 0 saturated heterocycles. The van der Waals surface area contributed by atoms with Crippen LogP contribution in [-0.4, -0.2) is 36.7 Å². The van der Waals surface area contributed by atoms with Gasteiger partial charge in [-0.25, -0.2) is 4.79 Å². The van der Waals surface area contributed by atoms with Crippen molar-refractivity contribution in [2.75, 3.05) is 6.54 Å². The van der Waals surface area contributed by atoms with Gasteiger partial charge < -0.3 is 9.67 Å². The Hall–Kier alpha value is -2.93. The molecule has 0 spiro atoms. The predicted molar refractivity (Wildman–Crippen MR) is 96.3 cm³/mol. The summed E-state index contributed by atoms with van der Waals surface area (Å²) in [4.78, 5) is 26.7. The van der Waals surface area contributed by atoms with Crippen LogP contribution in [0, 0.1) is 0 Å². The van der Waals surface area contributed by atoms with Crippen LogP contribution in [0.1, 0.15) is 34.1 Å². The summed E-state index contributed by atoms with van der Waals surface area (Å²) in [5.74, 6) is -1.07. The SMILES string of the molecule is CCn1c2c(c(=O)n3ncc(C(=O)O)c13)CN(Cc1ccccc1)CC2. The first-order chi connectivity index (χ1) is 12.6. The van der Waals surface area contributed by atoms with E-state index in [4.69, 9.17) is 0 Å². The van der Waals surface area contributed by atoms with Crippen molar-refractivity contribution in [2.24, 2.45) is 0 Å². The van der Waals surface area contributed by atoms with Crippen LogP contribution in [0.15, 0.2) is 41.3 Å². The van der Waals surface area contributed by atoms with Gasteiger partial charge in [-0.2, -0.15) is 9.61 Å². The molecule has 3 aromatic rings. The molecule has 1 aromatic carbocycles. The molecule has 1 aliphatic heterocycles. The topological polar surface area (TPSA) is 79.8 Å². The quantitative estimate of drug-likeness (QED) is 0.774. The maximum absolute atomic E-state index is 12.9. The minimum Gasteiger partial charge on any atom is -0.477 e. The number of hydrogen-bond acceptors (Lipinski definition) is 4. The van der Waals surface area contributed by atoms with Gasteiger partial charge in [-0.3, -0.25) is 9.69 Å². The first-order valence-corrected chi connectivity index (χ1v) is 8.72.